The minimum Gasteiger partial charge on any atom is -0.474 e. The first-order valence-electron chi connectivity index (χ1n) is 7.75. The van der Waals surface area contributed by atoms with Gasteiger partial charge in [0.2, 0.25) is 0 Å². The second-order valence-corrected chi connectivity index (χ2v) is 5.42. The zero-order chi connectivity index (χ0) is 21.6. The Balaban J connectivity index is 0.00000450. The first-order valence-corrected chi connectivity index (χ1v) is 7.75. The second kappa shape index (κ2) is 11.3. The molecule has 0 aliphatic rings. The molecule has 0 saturated heterocycles. The topological polar surface area (TPSA) is 249 Å². The van der Waals surface area contributed by atoms with Crippen LogP contribution in [0.5, 0.6) is 0 Å². The van der Waals surface area contributed by atoms with Crippen molar-refractivity contribution in [1.82, 2.24) is 0 Å². The van der Waals surface area contributed by atoms with E-state index in [-0.39, 0.29) is 39.1 Å². The quantitative estimate of drug-likeness (QED) is 0.382. The predicted octanol–water partition coefficient (Wildman–Crippen LogP) is -0.793. The standard InChI is InChI=1S/C18H12N4O7.2H2O/c19-8-10-7-12(21-16(25)18(28)29)5-6-13(10)22-14(23)9-1-3-11(4-2-9)20-15(24)17(26)27;;/h1-7H,(H,20,24)(H,21,25)(H,22,23)(H,26,27)(H,28,29);2*1H2. The Hall–Kier alpha value is -4.80. The van der Waals surface area contributed by atoms with Gasteiger partial charge >= 0.3 is 23.8 Å². The van der Waals surface area contributed by atoms with E-state index >= 15 is 0 Å². The number of rotatable bonds is 4. The maximum absolute atomic E-state index is 12.3. The van der Waals surface area contributed by atoms with Crippen molar-refractivity contribution < 1.29 is 45.1 Å². The fourth-order valence-electron chi connectivity index (χ4n) is 2.09. The maximum Gasteiger partial charge on any atom is 0.394 e. The van der Waals surface area contributed by atoms with Gasteiger partial charge in [-0.2, -0.15) is 5.26 Å². The minimum atomic E-state index is -1.69. The number of anilines is 3. The molecule has 0 fully saturated rings. The van der Waals surface area contributed by atoms with Crippen molar-refractivity contribution in [3.05, 3.63) is 53.6 Å². The molecule has 2 aromatic rings. The van der Waals surface area contributed by atoms with Crippen LogP contribution in [0.2, 0.25) is 0 Å². The molecule has 9 N–H and O–H groups in total. The van der Waals surface area contributed by atoms with Crippen molar-refractivity contribution in [1.29, 1.82) is 5.26 Å². The van der Waals surface area contributed by atoms with E-state index in [1.54, 1.807) is 0 Å². The zero-order valence-electron chi connectivity index (χ0n) is 15.4. The summed E-state index contributed by atoms with van der Waals surface area (Å²) in [7, 11) is 0. The summed E-state index contributed by atoms with van der Waals surface area (Å²) >= 11 is 0. The SMILES string of the molecule is N#Cc1cc(NC(=O)C(=O)O)ccc1NC(=O)c1ccc(NC(=O)C(=O)O)cc1.O.O. The monoisotopic (exact) mass is 432 g/mol. The Morgan fingerprint density at radius 2 is 1.23 bits per heavy atom. The van der Waals surface area contributed by atoms with E-state index < -0.39 is 29.7 Å². The highest BCUT2D eigenvalue weighted by molar-refractivity contribution is 6.37. The van der Waals surface area contributed by atoms with Crippen LogP contribution in [0, 0.1) is 11.3 Å². The Morgan fingerprint density at radius 3 is 1.71 bits per heavy atom. The molecule has 162 valence electrons. The molecule has 2 aromatic carbocycles. The van der Waals surface area contributed by atoms with Crippen LogP contribution in [0.4, 0.5) is 17.1 Å². The van der Waals surface area contributed by atoms with E-state index in [4.69, 9.17) is 10.2 Å². The van der Waals surface area contributed by atoms with E-state index in [0.29, 0.717) is 0 Å². The lowest BCUT2D eigenvalue weighted by molar-refractivity contribution is -0.147. The van der Waals surface area contributed by atoms with Gasteiger partial charge in [-0.05, 0) is 42.5 Å². The molecule has 0 saturated carbocycles. The molecule has 0 spiro atoms. The molecular weight excluding hydrogens is 416 g/mol. The number of nitrogens with one attached hydrogen (secondary N) is 3. The van der Waals surface area contributed by atoms with Gasteiger partial charge in [0.15, 0.2) is 0 Å². The number of amides is 3. The number of aliphatic carboxylic acids is 2. The number of hydrogen-bond donors (Lipinski definition) is 5. The van der Waals surface area contributed by atoms with E-state index in [2.05, 4.69) is 16.0 Å². The summed E-state index contributed by atoms with van der Waals surface area (Å²) in [6, 6.07) is 11.0. The summed E-state index contributed by atoms with van der Waals surface area (Å²) < 4.78 is 0. The lowest BCUT2D eigenvalue weighted by atomic mass is 10.1. The van der Waals surface area contributed by atoms with Gasteiger partial charge in [0.05, 0.1) is 11.3 Å². The lowest BCUT2D eigenvalue weighted by Gasteiger charge is -2.10. The molecule has 3 amide bonds. The average Bonchev–Trinajstić information content (AvgIpc) is 2.69. The van der Waals surface area contributed by atoms with Crippen LogP contribution >= 0.6 is 0 Å². The van der Waals surface area contributed by atoms with Gasteiger partial charge in [-0.25, -0.2) is 9.59 Å². The Morgan fingerprint density at radius 1 is 0.742 bits per heavy atom. The summed E-state index contributed by atoms with van der Waals surface area (Å²) in [6.45, 7) is 0. The van der Waals surface area contributed by atoms with E-state index in [1.807, 2.05) is 6.07 Å². The Kier molecular flexibility index (Phi) is 9.52. The molecule has 0 aliphatic heterocycles. The van der Waals surface area contributed by atoms with Crippen LogP contribution in [0.25, 0.3) is 0 Å². The summed E-state index contributed by atoms with van der Waals surface area (Å²) in [5.41, 5.74) is 0.488. The van der Waals surface area contributed by atoms with Gasteiger partial charge in [-0.1, -0.05) is 0 Å². The van der Waals surface area contributed by atoms with Crippen LogP contribution in [0.1, 0.15) is 15.9 Å². The summed E-state index contributed by atoms with van der Waals surface area (Å²) in [4.78, 5) is 55.7. The Bertz CT molecular complexity index is 1060. The average molecular weight is 432 g/mol. The normalized spacial score (nSPS) is 9.00. The molecule has 31 heavy (non-hydrogen) atoms. The number of carboxylic acid groups (broad SMARTS) is 2. The maximum atomic E-state index is 12.3. The minimum absolute atomic E-state index is 0. The lowest BCUT2D eigenvalue weighted by Crippen LogP contribution is -2.22. The third-order valence-electron chi connectivity index (χ3n) is 3.44. The number of benzene rings is 2. The second-order valence-electron chi connectivity index (χ2n) is 5.42. The molecule has 0 radical (unpaired) electrons. The first kappa shape index (κ1) is 26.2. The number of carbonyl (C=O) groups excluding carboxylic acids is 3. The van der Waals surface area contributed by atoms with Crippen LogP contribution < -0.4 is 16.0 Å². The number of hydrogen-bond acceptors (Lipinski definition) is 6. The van der Waals surface area contributed by atoms with Gasteiger partial charge in [0, 0.05) is 16.9 Å². The van der Waals surface area contributed by atoms with Crippen LogP contribution in [0.15, 0.2) is 42.5 Å². The molecule has 0 heterocycles. The Labute approximate surface area is 173 Å². The smallest absolute Gasteiger partial charge is 0.394 e. The van der Waals surface area contributed by atoms with Gasteiger partial charge < -0.3 is 37.1 Å². The fourth-order valence-corrected chi connectivity index (χ4v) is 2.09. The van der Waals surface area contributed by atoms with Gasteiger partial charge in [0.25, 0.3) is 5.91 Å². The predicted molar refractivity (Wildman–Crippen MR) is 105 cm³/mol. The fraction of sp³-hybridized carbons (Fsp3) is 0. The zero-order valence-corrected chi connectivity index (χ0v) is 15.4. The highest BCUT2D eigenvalue weighted by Crippen LogP contribution is 2.21. The molecule has 13 heteroatoms. The van der Waals surface area contributed by atoms with Crippen molar-refractivity contribution in [2.45, 2.75) is 0 Å². The number of nitrogens with zero attached hydrogens (tertiary/aromatic N) is 1. The van der Waals surface area contributed by atoms with E-state index in [0.717, 1.165) is 0 Å². The third kappa shape index (κ3) is 6.94. The third-order valence-corrected chi connectivity index (χ3v) is 3.44. The van der Waals surface area contributed by atoms with Crippen molar-refractivity contribution in [3.8, 4) is 6.07 Å². The van der Waals surface area contributed by atoms with Gasteiger partial charge in [-0.15, -0.1) is 0 Å². The van der Waals surface area contributed by atoms with Crippen molar-refractivity contribution in [2.24, 2.45) is 0 Å². The molecule has 0 unspecified atom stereocenters. The number of carbonyl (C=O) groups is 5. The molecule has 13 nitrogen and oxygen atoms in total. The van der Waals surface area contributed by atoms with Crippen molar-refractivity contribution in [3.63, 3.8) is 0 Å². The van der Waals surface area contributed by atoms with E-state index in [1.165, 1.54) is 42.5 Å². The van der Waals surface area contributed by atoms with Crippen molar-refractivity contribution in [2.75, 3.05) is 16.0 Å². The van der Waals surface area contributed by atoms with Crippen LogP contribution in [-0.4, -0.2) is 50.8 Å². The highest BCUT2D eigenvalue weighted by Gasteiger charge is 2.15. The summed E-state index contributed by atoms with van der Waals surface area (Å²) in [5.74, 6) is -6.45. The molecule has 0 atom stereocenters. The molecule has 2 rings (SSSR count). The van der Waals surface area contributed by atoms with Crippen LogP contribution in [-0.2, 0) is 19.2 Å². The van der Waals surface area contributed by atoms with Crippen molar-refractivity contribution >= 4 is 46.7 Å². The highest BCUT2D eigenvalue weighted by atomic mass is 16.4. The molecular formula is C18H16N4O9. The summed E-state index contributed by atoms with van der Waals surface area (Å²) in [5, 5.41) is 33.0. The molecule has 0 bridgehead atoms. The van der Waals surface area contributed by atoms with Gasteiger partial charge in [0.1, 0.15) is 6.07 Å². The van der Waals surface area contributed by atoms with E-state index in [9.17, 15) is 29.2 Å². The molecule has 0 aromatic heterocycles. The first-order chi connectivity index (χ1) is 13.7. The number of carboxylic acids is 2. The van der Waals surface area contributed by atoms with Crippen LogP contribution in [0.3, 0.4) is 0 Å². The molecule has 0 aliphatic carbocycles. The summed E-state index contributed by atoms with van der Waals surface area (Å²) in [6.07, 6.45) is 0. The van der Waals surface area contributed by atoms with Gasteiger partial charge in [-0.3, -0.25) is 14.4 Å². The largest absolute Gasteiger partial charge is 0.474 e. The number of nitriles is 1.